The van der Waals surface area contributed by atoms with Crippen LogP contribution < -0.4 is 22.1 Å². The van der Waals surface area contributed by atoms with E-state index >= 15 is 0 Å². The number of carboxylic acids is 2. The van der Waals surface area contributed by atoms with Gasteiger partial charge in [-0.2, -0.15) is 0 Å². The highest BCUT2D eigenvalue weighted by Gasteiger charge is 2.60. The highest BCUT2D eigenvalue weighted by atomic mass is 32.2. The van der Waals surface area contributed by atoms with Gasteiger partial charge in [0, 0.05) is 18.6 Å². The summed E-state index contributed by atoms with van der Waals surface area (Å²) in [6, 6.07) is -1.38. The summed E-state index contributed by atoms with van der Waals surface area (Å²) in [6.45, 7) is 3.83. The van der Waals surface area contributed by atoms with Crippen molar-refractivity contribution >= 4 is 46.5 Å². The number of hydrogen-bond donors (Lipinski definition) is 8. The second kappa shape index (κ2) is 14.0. The molecule has 15 heteroatoms. The van der Waals surface area contributed by atoms with Gasteiger partial charge in [0.25, 0.3) is 0 Å². The second-order valence-electron chi connectivity index (χ2n) is 8.36. The maximum absolute atomic E-state index is 13.2. The number of aliphatic hydroxyl groups is 2. The molecule has 0 bridgehead atoms. The molecule has 1 unspecified atom stereocenters. The molecule has 5 atom stereocenters. The van der Waals surface area contributed by atoms with Gasteiger partial charge in [-0.3, -0.25) is 28.8 Å². The lowest BCUT2D eigenvalue weighted by Gasteiger charge is -2.37. The number of aliphatic carboxylic acids is 2. The van der Waals surface area contributed by atoms with Gasteiger partial charge in [-0.05, 0) is 12.3 Å². The van der Waals surface area contributed by atoms with E-state index in [1.165, 1.54) is 6.92 Å². The average molecular weight is 523 g/mol. The van der Waals surface area contributed by atoms with Gasteiger partial charge in [-0.25, -0.2) is 0 Å². The highest BCUT2D eigenvalue weighted by Crippen LogP contribution is 2.36. The zero-order chi connectivity index (χ0) is 26.2. The first-order chi connectivity index (χ1) is 15.7. The Morgan fingerprint density at radius 3 is 2.17 bits per heavy atom. The van der Waals surface area contributed by atoms with Crippen LogP contribution in [0.15, 0.2) is 0 Å². The predicted octanol–water partition coefficient (Wildman–Crippen LogP) is -1.77. The van der Waals surface area contributed by atoms with Crippen LogP contribution in [0, 0.1) is 11.8 Å². The van der Waals surface area contributed by atoms with E-state index in [1.54, 1.807) is 13.8 Å². The van der Waals surface area contributed by atoms with Crippen LogP contribution in [0.4, 0.5) is 0 Å². The van der Waals surface area contributed by atoms with E-state index in [4.69, 9.17) is 10.2 Å². The van der Waals surface area contributed by atoms with Crippen molar-refractivity contribution in [2.75, 3.05) is 12.3 Å². The van der Waals surface area contributed by atoms with E-state index < -0.39 is 82.7 Å². The fourth-order valence-corrected chi connectivity index (χ4v) is 4.49. The van der Waals surface area contributed by atoms with E-state index in [9.17, 15) is 39.0 Å². The minimum Gasteiger partial charge on any atom is -0.481 e. The van der Waals surface area contributed by atoms with E-state index in [0.29, 0.717) is 11.8 Å². The lowest BCUT2D eigenvalue weighted by atomic mass is 9.81. The molecule has 0 aromatic carbocycles. The maximum Gasteiger partial charge on any atom is 0.322 e. The lowest BCUT2D eigenvalue weighted by molar-refractivity contribution is -0.138. The largest absolute Gasteiger partial charge is 0.481 e. The number of aliphatic hydroxyl groups excluding tert-OH is 2. The molecule has 1 rings (SSSR count). The number of carbonyl (C=O) groups excluding carboxylic acids is 4. The molecule has 0 aromatic rings. The molecule has 1 saturated heterocycles. The number of hydrogen-bond acceptors (Lipinski definition) is 10. The Morgan fingerprint density at radius 2 is 1.71 bits per heavy atom. The lowest BCUT2D eigenvalue weighted by Crippen LogP contribution is -2.64. The van der Waals surface area contributed by atoms with Crippen LogP contribution in [0.1, 0.15) is 40.0 Å². The number of carboxylic acid groups (broad SMARTS) is 2. The molecule has 14 nitrogen and oxygen atoms in total. The van der Waals surface area contributed by atoms with Gasteiger partial charge in [0.2, 0.25) is 22.8 Å². The van der Waals surface area contributed by atoms with E-state index in [1.807, 2.05) is 0 Å². The minimum atomic E-state index is -2.04. The molecule has 0 saturated carbocycles. The first-order valence-electron chi connectivity index (χ1n) is 10.6. The number of nitrogens with one attached hydrogen (secondary N) is 3. The smallest absolute Gasteiger partial charge is 0.322 e. The van der Waals surface area contributed by atoms with Gasteiger partial charge >= 0.3 is 11.9 Å². The highest BCUT2D eigenvalue weighted by molar-refractivity contribution is 8.13. The van der Waals surface area contributed by atoms with Gasteiger partial charge in [0.15, 0.2) is 5.54 Å². The fraction of sp³-hybridized carbons (Fsp3) is 0.700. The van der Waals surface area contributed by atoms with Gasteiger partial charge in [0.1, 0.15) is 12.6 Å². The zero-order valence-corrected chi connectivity index (χ0v) is 20.6. The van der Waals surface area contributed by atoms with E-state index in [2.05, 4.69) is 16.0 Å². The fourth-order valence-electron chi connectivity index (χ4n) is 3.41. The monoisotopic (exact) mass is 522 g/mol. The molecule has 1 fully saturated rings. The Kier molecular flexibility index (Phi) is 12.9. The third kappa shape index (κ3) is 8.45. The zero-order valence-electron chi connectivity index (χ0n) is 19.8. The number of thioether (sulfide) groups is 1. The summed E-state index contributed by atoms with van der Waals surface area (Å²) < 4.78 is 0. The number of amides is 3. The summed E-state index contributed by atoms with van der Waals surface area (Å²) >= 11 is 0.477. The van der Waals surface area contributed by atoms with Crippen molar-refractivity contribution in [2.24, 2.45) is 11.8 Å². The maximum atomic E-state index is 13.2. The molecule has 1 aliphatic rings. The summed E-state index contributed by atoms with van der Waals surface area (Å²) in [5.74, 6) is -6.60. The number of rotatable bonds is 13. The van der Waals surface area contributed by atoms with Crippen LogP contribution in [0.25, 0.3) is 0 Å². The van der Waals surface area contributed by atoms with Crippen molar-refractivity contribution in [1.29, 1.82) is 0 Å². The molecule has 0 aromatic heterocycles. The molecule has 1 aliphatic heterocycles. The van der Waals surface area contributed by atoms with Crippen molar-refractivity contribution in [3.05, 3.63) is 0 Å². The predicted molar refractivity (Wildman–Crippen MR) is 123 cm³/mol. The Balaban J connectivity index is 0.0000116. The molecule has 1 heterocycles. The van der Waals surface area contributed by atoms with Crippen molar-refractivity contribution in [3.8, 4) is 0 Å². The van der Waals surface area contributed by atoms with Gasteiger partial charge in [-0.15, -0.1) is 0 Å². The molecule has 3 amide bonds. The summed E-state index contributed by atoms with van der Waals surface area (Å²) in [5, 5.41) is 44.7. The molecule has 200 valence electrons. The van der Waals surface area contributed by atoms with Crippen LogP contribution in [-0.4, -0.2) is 91.3 Å². The topological polar surface area (TPSA) is 254 Å². The molecule has 10 N–H and O–H groups in total. The van der Waals surface area contributed by atoms with Crippen molar-refractivity contribution in [2.45, 2.75) is 63.8 Å². The Bertz CT molecular complexity index is 824. The molecule has 0 aliphatic carbocycles. The SMILES string of the molecule is CC(C)[C@H](O)[C@@]1(C(=O)SCC(NC(=O)CCCC(=O)O)C(=O)NCC(=O)O)NC(=O)[C@H](C)[C@@H]1O.N. The number of carbonyl (C=O) groups is 6. The third-order valence-corrected chi connectivity index (χ3v) is 6.46. The van der Waals surface area contributed by atoms with Crippen LogP contribution in [0.5, 0.6) is 0 Å². The average Bonchev–Trinajstić information content (AvgIpc) is 2.98. The van der Waals surface area contributed by atoms with E-state index in [-0.39, 0.29) is 25.4 Å². The summed E-state index contributed by atoms with van der Waals surface area (Å²) in [5.41, 5.74) is -2.04. The van der Waals surface area contributed by atoms with Gasteiger partial charge in [0.05, 0.1) is 18.1 Å². The van der Waals surface area contributed by atoms with Crippen LogP contribution in [0.3, 0.4) is 0 Å². The minimum absolute atomic E-state index is 0. The van der Waals surface area contributed by atoms with Crippen LogP contribution >= 0.6 is 11.8 Å². The second-order valence-corrected chi connectivity index (χ2v) is 9.35. The summed E-state index contributed by atoms with van der Waals surface area (Å²) in [4.78, 5) is 71.2. The standard InChI is InChI=1S/C20H31N3O10S.H3N/c1-9(2)15(29)20(16(30)10(3)17(31)23-20)19(33)34-8-11(18(32)21-7-14(27)28)22-12(24)5-4-6-13(25)26;/h9-11,15-16,29-30H,4-8H2,1-3H3,(H,21,32)(H,22,24)(H,23,31)(H,25,26)(H,27,28);1H3/t10-,11?,15+,16+,20-;/m1./s1. The first-order valence-corrected chi connectivity index (χ1v) is 11.6. The van der Waals surface area contributed by atoms with Crippen LogP contribution in [0.2, 0.25) is 0 Å². The molecule has 35 heavy (non-hydrogen) atoms. The Morgan fingerprint density at radius 1 is 1.11 bits per heavy atom. The Labute approximate surface area is 206 Å². The van der Waals surface area contributed by atoms with Gasteiger partial charge in [-0.1, -0.05) is 32.5 Å². The summed E-state index contributed by atoms with van der Waals surface area (Å²) in [7, 11) is 0. The molecular formula is C20H34N4O10S. The summed E-state index contributed by atoms with van der Waals surface area (Å²) in [6.07, 6.45) is -3.52. The van der Waals surface area contributed by atoms with Crippen molar-refractivity contribution in [3.63, 3.8) is 0 Å². The first kappa shape index (κ1) is 32.2. The Hall–Kier alpha value is -2.75. The van der Waals surface area contributed by atoms with Crippen molar-refractivity contribution in [1.82, 2.24) is 22.1 Å². The van der Waals surface area contributed by atoms with E-state index in [0.717, 1.165) is 0 Å². The molecule has 0 spiro atoms. The normalized spacial score (nSPS) is 23.0. The third-order valence-electron chi connectivity index (χ3n) is 5.36. The van der Waals surface area contributed by atoms with Crippen molar-refractivity contribution < 1.29 is 49.2 Å². The molecule has 0 radical (unpaired) electrons. The molecular weight excluding hydrogens is 488 g/mol. The quantitative estimate of drug-likeness (QED) is 0.134. The van der Waals surface area contributed by atoms with Gasteiger partial charge < -0.3 is 42.5 Å². The van der Waals surface area contributed by atoms with Crippen LogP contribution in [-0.2, 0) is 28.8 Å².